The minimum Gasteiger partial charge on any atom is -0.148 e. The van der Waals surface area contributed by atoms with E-state index in [0.717, 1.165) is 11.8 Å². The van der Waals surface area contributed by atoms with Gasteiger partial charge in [0.05, 0.1) is 0 Å². The zero-order chi connectivity index (χ0) is 13.3. The minimum absolute atomic E-state index is 0.456. The van der Waals surface area contributed by atoms with E-state index in [4.69, 9.17) is 0 Å². The first kappa shape index (κ1) is 15.1. The van der Waals surface area contributed by atoms with Crippen LogP contribution in [0.15, 0.2) is 15.9 Å². The van der Waals surface area contributed by atoms with Gasteiger partial charge in [-0.3, -0.25) is 0 Å². The Kier molecular flexibility index (Phi) is 4.99. The number of hydrogen-bond donors (Lipinski definition) is 0. The number of alkyl halides is 1. The van der Waals surface area contributed by atoms with E-state index < -0.39 is 0 Å². The van der Waals surface area contributed by atoms with E-state index in [1.54, 1.807) is 0 Å². The third kappa shape index (κ3) is 3.61. The molecule has 1 aliphatic rings. The van der Waals surface area contributed by atoms with E-state index in [1.807, 2.05) is 11.3 Å². The van der Waals surface area contributed by atoms with Crippen LogP contribution in [0.2, 0.25) is 0 Å². The van der Waals surface area contributed by atoms with Crippen molar-refractivity contribution in [3.8, 4) is 0 Å². The summed E-state index contributed by atoms with van der Waals surface area (Å²) >= 11 is 9.46. The summed E-state index contributed by atoms with van der Waals surface area (Å²) in [4.78, 5) is 2.21. The Labute approximate surface area is 132 Å². The lowest BCUT2D eigenvalue weighted by atomic mass is 9.68. The second-order valence-electron chi connectivity index (χ2n) is 6.55. The van der Waals surface area contributed by atoms with Crippen LogP contribution in [0.3, 0.4) is 0 Å². The molecule has 0 amide bonds. The van der Waals surface area contributed by atoms with Gasteiger partial charge in [0.25, 0.3) is 0 Å². The summed E-state index contributed by atoms with van der Waals surface area (Å²) in [6, 6.07) is 2.17. The third-order valence-corrected chi connectivity index (χ3v) is 7.41. The van der Waals surface area contributed by atoms with E-state index in [0.29, 0.717) is 10.2 Å². The average Bonchev–Trinajstić information content (AvgIpc) is 2.66. The van der Waals surface area contributed by atoms with Gasteiger partial charge in [-0.05, 0) is 70.3 Å². The molecule has 1 aromatic heterocycles. The van der Waals surface area contributed by atoms with Crippen LogP contribution in [0.25, 0.3) is 0 Å². The van der Waals surface area contributed by atoms with Crippen molar-refractivity contribution >= 4 is 43.2 Å². The molecule has 0 nitrogen and oxygen atoms in total. The van der Waals surface area contributed by atoms with E-state index >= 15 is 0 Å². The highest BCUT2D eigenvalue weighted by molar-refractivity contribution is 9.10. The van der Waals surface area contributed by atoms with Crippen LogP contribution in [0, 0.1) is 17.3 Å². The normalized spacial score (nSPS) is 29.5. The van der Waals surface area contributed by atoms with Gasteiger partial charge in [0.2, 0.25) is 0 Å². The van der Waals surface area contributed by atoms with Crippen LogP contribution in [0.1, 0.15) is 44.9 Å². The molecule has 1 heterocycles. The maximum atomic E-state index is 3.91. The van der Waals surface area contributed by atoms with Crippen LogP contribution < -0.4 is 0 Å². The first-order valence-electron chi connectivity index (χ1n) is 6.74. The Morgan fingerprint density at radius 2 is 2.06 bits per heavy atom. The molecule has 0 aromatic carbocycles. The maximum absolute atomic E-state index is 3.91. The SMILES string of the molecule is CC(C)(C)C1CCC(Br)C(Cc2sccc2Br)C1. The molecule has 0 saturated heterocycles. The molecule has 0 spiro atoms. The van der Waals surface area contributed by atoms with Gasteiger partial charge >= 0.3 is 0 Å². The molecular weight excluding hydrogens is 372 g/mol. The molecule has 18 heavy (non-hydrogen) atoms. The number of hydrogen-bond acceptors (Lipinski definition) is 1. The number of rotatable bonds is 2. The van der Waals surface area contributed by atoms with Crippen molar-refractivity contribution in [1.29, 1.82) is 0 Å². The lowest BCUT2D eigenvalue weighted by Gasteiger charge is -2.40. The van der Waals surface area contributed by atoms with Crippen molar-refractivity contribution in [2.75, 3.05) is 0 Å². The molecule has 1 saturated carbocycles. The predicted molar refractivity (Wildman–Crippen MR) is 88.7 cm³/mol. The van der Waals surface area contributed by atoms with Gasteiger partial charge in [0.1, 0.15) is 0 Å². The summed E-state index contributed by atoms with van der Waals surface area (Å²) in [5.74, 6) is 1.66. The summed E-state index contributed by atoms with van der Waals surface area (Å²) in [5.41, 5.74) is 0.456. The average molecular weight is 394 g/mol. The molecule has 3 heteroatoms. The zero-order valence-corrected chi connectivity index (χ0v) is 15.4. The molecule has 1 fully saturated rings. The monoisotopic (exact) mass is 392 g/mol. The summed E-state index contributed by atoms with van der Waals surface area (Å²) in [6.07, 6.45) is 5.29. The second-order valence-corrected chi connectivity index (χ2v) is 9.58. The molecule has 0 bridgehead atoms. The first-order chi connectivity index (χ1) is 8.38. The molecule has 3 unspecified atom stereocenters. The zero-order valence-electron chi connectivity index (χ0n) is 11.4. The Bertz CT molecular complexity index is 391. The van der Waals surface area contributed by atoms with E-state index in [1.165, 1.54) is 35.0 Å². The molecule has 102 valence electrons. The molecular formula is C15H22Br2S. The van der Waals surface area contributed by atoms with Crippen LogP contribution in [-0.4, -0.2) is 4.83 Å². The minimum atomic E-state index is 0.456. The Hall–Kier alpha value is 0.660. The van der Waals surface area contributed by atoms with Crippen molar-refractivity contribution in [3.05, 3.63) is 20.8 Å². The quantitative estimate of drug-likeness (QED) is 0.518. The van der Waals surface area contributed by atoms with Crippen LogP contribution in [0.4, 0.5) is 0 Å². The van der Waals surface area contributed by atoms with Gasteiger partial charge < -0.3 is 0 Å². The summed E-state index contributed by atoms with van der Waals surface area (Å²) < 4.78 is 1.30. The molecule has 0 aliphatic heterocycles. The molecule has 2 rings (SSSR count). The molecule has 1 aliphatic carbocycles. The van der Waals surface area contributed by atoms with E-state index in [9.17, 15) is 0 Å². The third-order valence-electron chi connectivity index (χ3n) is 4.25. The van der Waals surface area contributed by atoms with E-state index in [2.05, 4.69) is 64.1 Å². The van der Waals surface area contributed by atoms with Crippen molar-refractivity contribution in [2.24, 2.45) is 17.3 Å². The van der Waals surface area contributed by atoms with Gasteiger partial charge in [-0.15, -0.1) is 11.3 Å². The van der Waals surface area contributed by atoms with Gasteiger partial charge in [0, 0.05) is 14.2 Å². The lowest BCUT2D eigenvalue weighted by molar-refractivity contribution is 0.147. The molecule has 3 atom stereocenters. The van der Waals surface area contributed by atoms with Crippen molar-refractivity contribution < 1.29 is 0 Å². The van der Waals surface area contributed by atoms with Crippen LogP contribution in [0.5, 0.6) is 0 Å². The Morgan fingerprint density at radius 1 is 1.33 bits per heavy atom. The van der Waals surface area contributed by atoms with Crippen molar-refractivity contribution in [1.82, 2.24) is 0 Å². The fourth-order valence-electron chi connectivity index (χ4n) is 2.93. The highest BCUT2D eigenvalue weighted by Crippen LogP contribution is 2.44. The summed E-state index contributed by atoms with van der Waals surface area (Å²) in [6.45, 7) is 7.18. The topological polar surface area (TPSA) is 0 Å². The van der Waals surface area contributed by atoms with Crippen LogP contribution >= 0.6 is 43.2 Å². The smallest absolute Gasteiger partial charge is 0.0314 e. The van der Waals surface area contributed by atoms with E-state index in [-0.39, 0.29) is 0 Å². The fourth-order valence-corrected chi connectivity index (χ4v) is 5.21. The fraction of sp³-hybridized carbons (Fsp3) is 0.733. The van der Waals surface area contributed by atoms with Gasteiger partial charge in [-0.2, -0.15) is 0 Å². The number of thiophene rings is 1. The standard InChI is InChI=1S/C15H22Br2S/c1-15(2,3)11-4-5-12(16)10(8-11)9-14-13(17)6-7-18-14/h6-7,10-12H,4-5,8-9H2,1-3H3. The van der Waals surface area contributed by atoms with Gasteiger partial charge in [-0.1, -0.05) is 36.7 Å². The van der Waals surface area contributed by atoms with Crippen molar-refractivity contribution in [3.63, 3.8) is 0 Å². The number of halogens is 2. The Morgan fingerprint density at radius 3 is 2.61 bits per heavy atom. The predicted octanol–water partition coefficient (Wildman–Crippen LogP) is 6.28. The first-order valence-corrected chi connectivity index (χ1v) is 9.32. The van der Waals surface area contributed by atoms with Gasteiger partial charge in [0.15, 0.2) is 0 Å². The highest BCUT2D eigenvalue weighted by atomic mass is 79.9. The molecule has 0 radical (unpaired) electrons. The highest BCUT2D eigenvalue weighted by Gasteiger charge is 2.35. The summed E-state index contributed by atoms with van der Waals surface area (Å²) in [5, 5.41) is 2.19. The second kappa shape index (κ2) is 5.97. The van der Waals surface area contributed by atoms with Crippen molar-refractivity contribution in [2.45, 2.75) is 51.3 Å². The maximum Gasteiger partial charge on any atom is 0.0314 e. The lowest BCUT2D eigenvalue weighted by Crippen LogP contribution is -2.33. The molecule has 1 aromatic rings. The van der Waals surface area contributed by atoms with Crippen LogP contribution in [-0.2, 0) is 6.42 Å². The Balaban J connectivity index is 2.04. The molecule has 0 N–H and O–H groups in total. The summed E-state index contributed by atoms with van der Waals surface area (Å²) in [7, 11) is 0. The largest absolute Gasteiger partial charge is 0.148 e. The van der Waals surface area contributed by atoms with Gasteiger partial charge in [-0.25, -0.2) is 0 Å².